The average molecular weight is 546 g/mol. The summed E-state index contributed by atoms with van der Waals surface area (Å²) in [6.07, 6.45) is 8.24. The zero-order valence-corrected chi connectivity index (χ0v) is 22.8. The first kappa shape index (κ1) is 26.4. The number of rotatable bonds is 8. The average Bonchev–Trinajstić information content (AvgIpc) is 3.61. The summed E-state index contributed by atoms with van der Waals surface area (Å²) in [5.41, 5.74) is 0.220. The summed E-state index contributed by atoms with van der Waals surface area (Å²) in [5, 5.41) is 6.16. The Bertz CT molecular complexity index is 1320. The molecule has 1 spiro atoms. The van der Waals surface area contributed by atoms with Gasteiger partial charge in [-0.15, -0.1) is 0 Å². The van der Waals surface area contributed by atoms with E-state index >= 15 is 0 Å². The maximum atomic E-state index is 14.2. The highest BCUT2D eigenvalue weighted by molar-refractivity contribution is 6.02. The summed E-state index contributed by atoms with van der Waals surface area (Å²) in [7, 11) is 3.16. The van der Waals surface area contributed by atoms with Gasteiger partial charge in [0.15, 0.2) is 0 Å². The summed E-state index contributed by atoms with van der Waals surface area (Å²) in [6.45, 7) is 0.218. The van der Waals surface area contributed by atoms with Gasteiger partial charge in [0.1, 0.15) is 23.1 Å². The number of ether oxygens (including phenoxy) is 3. The molecule has 3 amide bonds. The monoisotopic (exact) mass is 545 g/mol. The molecule has 5 unspecified atom stereocenters. The number of carbonyl (C=O) groups excluding carboxylic acids is 3. The van der Waals surface area contributed by atoms with Gasteiger partial charge < -0.3 is 29.7 Å². The number of amides is 3. The zero-order valence-electron chi connectivity index (χ0n) is 22.8. The van der Waals surface area contributed by atoms with E-state index in [0.29, 0.717) is 17.2 Å². The molecule has 210 valence electrons. The lowest BCUT2D eigenvalue weighted by atomic mass is 9.74. The molecule has 5 atom stereocenters. The fourth-order valence-corrected chi connectivity index (χ4v) is 6.82. The van der Waals surface area contributed by atoms with Crippen LogP contribution in [0.2, 0.25) is 0 Å². The van der Waals surface area contributed by atoms with Crippen molar-refractivity contribution in [3.63, 3.8) is 0 Å². The van der Waals surface area contributed by atoms with Crippen LogP contribution in [0.4, 0.5) is 5.69 Å². The van der Waals surface area contributed by atoms with E-state index in [1.165, 1.54) is 6.42 Å². The Morgan fingerprint density at radius 1 is 1.00 bits per heavy atom. The summed E-state index contributed by atoms with van der Waals surface area (Å²) in [4.78, 5) is 43.4. The second-order valence-corrected chi connectivity index (χ2v) is 11.1. The second kappa shape index (κ2) is 10.6. The molecule has 3 heterocycles. The number of benzene rings is 2. The molecule has 1 saturated carbocycles. The van der Waals surface area contributed by atoms with Gasteiger partial charge in [0.25, 0.3) is 0 Å². The van der Waals surface area contributed by atoms with Gasteiger partial charge in [0.05, 0.1) is 32.2 Å². The molecule has 9 nitrogen and oxygen atoms in total. The maximum Gasteiger partial charge on any atom is 0.246 e. The molecule has 2 saturated heterocycles. The fraction of sp³-hybridized carbons (Fsp3) is 0.452. The summed E-state index contributed by atoms with van der Waals surface area (Å²) in [6, 6.07) is 13.7. The molecule has 3 fully saturated rings. The lowest BCUT2D eigenvalue weighted by Gasteiger charge is -2.34. The normalized spacial score (nSPS) is 28.9. The van der Waals surface area contributed by atoms with E-state index in [-0.39, 0.29) is 30.3 Å². The Hall–Kier alpha value is -3.85. The third-order valence-corrected chi connectivity index (χ3v) is 8.73. The molecule has 0 aromatic heterocycles. The lowest BCUT2D eigenvalue weighted by Crippen LogP contribution is -2.56. The number of fused-ring (bicyclic) bond motifs is 1. The Labute approximate surface area is 233 Å². The largest absolute Gasteiger partial charge is 0.497 e. The minimum atomic E-state index is -1.21. The standard InChI is InChI=1S/C31H35N3O6/c1-38-22-13-11-19(12-14-22)18-34-27(29(36)32-20-7-4-3-5-8-20)31-16-15-24(40-31)25(26(31)30(34)37)28(35)33-21-9-6-10-23(17-21)39-2/h6,9-17,20,24-27H,3-5,7-8,18H2,1-2H3,(H,32,36)(H,33,35). The first-order chi connectivity index (χ1) is 19.4. The first-order valence-corrected chi connectivity index (χ1v) is 14.0. The number of nitrogens with zero attached hydrogens (tertiary/aromatic N) is 1. The van der Waals surface area contributed by atoms with Crippen molar-refractivity contribution in [3.8, 4) is 11.5 Å². The summed E-state index contributed by atoms with van der Waals surface area (Å²) >= 11 is 0. The van der Waals surface area contributed by atoms with Crippen LogP contribution < -0.4 is 20.1 Å². The highest BCUT2D eigenvalue weighted by atomic mass is 16.5. The number of methoxy groups -OCH3 is 2. The van der Waals surface area contributed by atoms with Crippen LogP contribution >= 0.6 is 0 Å². The van der Waals surface area contributed by atoms with E-state index in [2.05, 4.69) is 10.6 Å². The van der Waals surface area contributed by atoms with Gasteiger partial charge in [-0.1, -0.05) is 49.6 Å². The fourth-order valence-electron chi connectivity index (χ4n) is 6.82. The number of hydrogen-bond acceptors (Lipinski definition) is 6. The predicted molar refractivity (Wildman–Crippen MR) is 148 cm³/mol. The quantitative estimate of drug-likeness (QED) is 0.493. The van der Waals surface area contributed by atoms with Crippen LogP contribution in [0.1, 0.15) is 37.7 Å². The number of nitrogens with one attached hydrogen (secondary N) is 2. The molecule has 4 aliphatic rings. The molecule has 2 bridgehead atoms. The first-order valence-electron chi connectivity index (χ1n) is 14.0. The molecular weight excluding hydrogens is 510 g/mol. The third kappa shape index (κ3) is 4.52. The molecule has 9 heteroatoms. The number of hydrogen-bond donors (Lipinski definition) is 2. The molecule has 0 radical (unpaired) electrons. The van der Waals surface area contributed by atoms with Crippen LogP contribution in [0.15, 0.2) is 60.7 Å². The SMILES string of the molecule is COc1ccc(CN2C(=O)C3C(C(=O)Nc4cccc(OC)c4)C4C=CC3(O4)C2C(=O)NC2CCCCC2)cc1. The Morgan fingerprint density at radius 3 is 2.48 bits per heavy atom. The van der Waals surface area contributed by atoms with Crippen molar-refractivity contribution < 1.29 is 28.6 Å². The van der Waals surface area contributed by atoms with E-state index < -0.39 is 29.6 Å². The van der Waals surface area contributed by atoms with Gasteiger partial charge in [-0.05, 0) is 42.7 Å². The lowest BCUT2D eigenvalue weighted by molar-refractivity contribution is -0.142. The Morgan fingerprint density at radius 2 is 1.75 bits per heavy atom. The zero-order chi connectivity index (χ0) is 27.9. The van der Waals surface area contributed by atoms with Gasteiger partial charge in [-0.3, -0.25) is 14.4 Å². The van der Waals surface area contributed by atoms with Crippen molar-refractivity contribution in [2.45, 2.75) is 62.4 Å². The minimum absolute atomic E-state index is 0.0735. The van der Waals surface area contributed by atoms with Gasteiger partial charge >= 0.3 is 0 Å². The van der Waals surface area contributed by atoms with Crippen LogP contribution in [0.3, 0.4) is 0 Å². The van der Waals surface area contributed by atoms with Crippen LogP contribution in [-0.4, -0.2) is 60.6 Å². The molecule has 6 rings (SSSR count). The molecule has 3 aliphatic heterocycles. The van der Waals surface area contributed by atoms with Gasteiger partial charge in [-0.25, -0.2) is 0 Å². The maximum absolute atomic E-state index is 14.2. The van der Waals surface area contributed by atoms with Crippen LogP contribution in [-0.2, 0) is 25.7 Å². The number of likely N-dealkylation sites (tertiary alicyclic amines) is 1. The summed E-state index contributed by atoms with van der Waals surface area (Å²) in [5.74, 6) is -1.06. The topological polar surface area (TPSA) is 106 Å². The van der Waals surface area contributed by atoms with Gasteiger partial charge in [0, 0.05) is 24.3 Å². The van der Waals surface area contributed by atoms with E-state index in [1.807, 2.05) is 36.4 Å². The van der Waals surface area contributed by atoms with Crippen molar-refractivity contribution in [1.29, 1.82) is 0 Å². The Balaban J connectivity index is 1.31. The Kier molecular flexibility index (Phi) is 7.00. The van der Waals surface area contributed by atoms with E-state index in [1.54, 1.807) is 43.4 Å². The van der Waals surface area contributed by atoms with Gasteiger partial charge in [-0.2, -0.15) is 0 Å². The molecule has 2 aromatic rings. The molecule has 2 N–H and O–H groups in total. The van der Waals surface area contributed by atoms with Crippen molar-refractivity contribution in [2.75, 3.05) is 19.5 Å². The number of anilines is 1. The highest BCUT2D eigenvalue weighted by Gasteiger charge is 2.72. The smallest absolute Gasteiger partial charge is 0.246 e. The second-order valence-electron chi connectivity index (χ2n) is 11.1. The van der Waals surface area contributed by atoms with Gasteiger partial charge in [0.2, 0.25) is 17.7 Å². The molecule has 40 heavy (non-hydrogen) atoms. The van der Waals surface area contributed by atoms with E-state index in [4.69, 9.17) is 14.2 Å². The van der Waals surface area contributed by atoms with Crippen LogP contribution in [0, 0.1) is 11.8 Å². The van der Waals surface area contributed by atoms with Crippen LogP contribution in [0.5, 0.6) is 11.5 Å². The van der Waals surface area contributed by atoms with Crippen molar-refractivity contribution in [3.05, 3.63) is 66.2 Å². The third-order valence-electron chi connectivity index (χ3n) is 8.73. The molecule has 1 aliphatic carbocycles. The van der Waals surface area contributed by atoms with Crippen molar-refractivity contribution in [2.24, 2.45) is 11.8 Å². The highest BCUT2D eigenvalue weighted by Crippen LogP contribution is 2.55. The number of carbonyl (C=O) groups is 3. The minimum Gasteiger partial charge on any atom is -0.497 e. The van der Waals surface area contributed by atoms with Crippen molar-refractivity contribution >= 4 is 23.4 Å². The summed E-state index contributed by atoms with van der Waals surface area (Å²) < 4.78 is 17.0. The van der Waals surface area contributed by atoms with Crippen molar-refractivity contribution in [1.82, 2.24) is 10.2 Å². The molecule has 2 aromatic carbocycles. The van der Waals surface area contributed by atoms with E-state index in [9.17, 15) is 14.4 Å². The van der Waals surface area contributed by atoms with E-state index in [0.717, 1.165) is 31.2 Å². The molecular formula is C31H35N3O6. The predicted octanol–water partition coefficient (Wildman–Crippen LogP) is 3.44. The van der Waals surface area contributed by atoms with Crippen LogP contribution in [0.25, 0.3) is 0 Å².